The van der Waals surface area contributed by atoms with Crippen LogP contribution < -0.4 is 0 Å². The number of benzene rings is 2. The number of likely N-dealkylation sites (N-methyl/N-ethyl adjacent to an activating group) is 1. The van der Waals surface area contributed by atoms with Crippen molar-refractivity contribution in [2.75, 3.05) is 26.8 Å². The third kappa shape index (κ3) is 3.05. The van der Waals surface area contributed by atoms with Gasteiger partial charge in [-0.2, -0.15) is 0 Å². The molecule has 7 nitrogen and oxygen atoms in total. The Hall–Kier alpha value is -2.90. The second kappa shape index (κ2) is 7.11. The van der Waals surface area contributed by atoms with Gasteiger partial charge in [0.15, 0.2) is 0 Å². The van der Waals surface area contributed by atoms with Crippen molar-refractivity contribution in [1.29, 1.82) is 0 Å². The number of urea groups is 1. The first-order chi connectivity index (χ1) is 14.4. The van der Waals surface area contributed by atoms with Gasteiger partial charge in [-0.05, 0) is 34.4 Å². The maximum absolute atomic E-state index is 12.7. The fourth-order valence-corrected chi connectivity index (χ4v) is 4.41. The van der Waals surface area contributed by atoms with Gasteiger partial charge in [-0.15, -0.1) is 0 Å². The lowest BCUT2D eigenvalue weighted by molar-refractivity contribution is -0.124. The van der Waals surface area contributed by atoms with E-state index in [1.165, 1.54) is 11.9 Å². The van der Waals surface area contributed by atoms with Gasteiger partial charge >= 0.3 is 6.03 Å². The Morgan fingerprint density at radius 2 is 1.77 bits per heavy atom. The molecule has 8 heteroatoms. The monoisotopic (exact) mass is 425 g/mol. The molecular formula is C22H20ClN3O4. The van der Waals surface area contributed by atoms with Crippen LogP contribution in [0, 0.1) is 0 Å². The van der Waals surface area contributed by atoms with E-state index in [-0.39, 0.29) is 30.4 Å². The van der Waals surface area contributed by atoms with E-state index in [0.29, 0.717) is 36.9 Å². The second-order valence-corrected chi connectivity index (χ2v) is 8.31. The SMILES string of the molecule is CN1C(=O)CN(Cc2ccc(-c3cc(Cl)c4c(c3)CN(C3COC3)C4=O)cc2)C1=O. The van der Waals surface area contributed by atoms with E-state index in [2.05, 4.69) is 0 Å². The van der Waals surface area contributed by atoms with Gasteiger partial charge in [0.2, 0.25) is 5.91 Å². The number of imide groups is 1. The smallest absolute Gasteiger partial charge is 0.327 e. The highest BCUT2D eigenvalue weighted by Gasteiger charge is 2.38. The summed E-state index contributed by atoms with van der Waals surface area (Å²) in [6, 6.07) is 11.5. The average Bonchev–Trinajstić information content (AvgIpc) is 3.13. The Bertz CT molecular complexity index is 1060. The van der Waals surface area contributed by atoms with Crippen LogP contribution >= 0.6 is 11.6 Å². The Balaban J connectivity index is 1.36. The summed E-state index contributed by atoms with van der Waals surface area (Å²) in [6.45, 7) is 2.19. The van der Waals surface area contributed by atoms with Crippen molar-refractivity contribution >= 4 is 29.4 Å². The molecular weight excluding hydrogens is 406 g/mol. The molecule has 0 saturated carbocycles. The van der Waals surface area contributed by atoms with E-state index >= 15 is 0 Å². The van der Waals surface area contributed by atoms with Crippen LogP contribution in [0.5, 0.6) is 0 Å². The summed E-state index contributed by atoms with van der Waals surface area (Å²) < 4.78 is 5.22. The molecule has 30 heavy (non-hydrogen) atoms. The summed E-state index contributed by atoms with van der Waals surface area (Å²) in [4.78, 5) is 40.9. The zero-order chi connectivity index (χ0) is 21.0. The van der Waals surface area contributed by atoms with E-state index in [4.69, 9.17) is 16.3 Å². The van der Waals surface area contributed by atoms with Crippen molar-refractivity contribution < 1.29 is 19.1 Å². The normalized spacial score (nSPS) is 19.0. The minimum atomic E-state index is -0.277. The van der Waals surface area contributed by atoms with Crippen molar-refractivity contribution in [3.63, 3.8) is 0 Å². The fourth-order valence-electron chi connectivity index (χ4n) is 4.09. The molecule has 3 heterocycles. The number of hydrogen-bond donors (Lipinski definition) is 0. The van der Waals surface area contributed by atoms with Crippen molar-refractivity contribution in [1.82, 2.24) is 14.7 Å². The molecule has 0 bridgehead atoms. The molecule has 2 aromatic rings. The summed E-state index contributed by atoms with van der Waals surface area (Å²) in [6.07, 6.45) is 0. The van der Waals surface area contributed by atoms with Crippen molar-refractivity contribution in [2.24, 2.45) is 0 Å². The first-order valence-corrected chi connectivity index (χ1v) is 10.2. The third-order valence-electron chi connectivity index (χ3n) is 5.97. The van der Waals surface area contributed by atoms with E-state index in [0.717, 1.165) is 27.2 Å². The van der Waals surface area contributed by atoms with Gasteiger partial charge in [-0.1, -0.05) is 35.9 Å². The Morgan fingerprint density at radius 3 is 2.37 bits per heavy atom. The van der Waals surface area contributed by atoms with Crippen molar-refractivity contribution in [3.8, 4) is 11.1 Å². The zero-order valence-electron chi connectivity index (χ0n) is 16.4. The standard InChI is InChI=1S/C22H20ClN3O4/c1-24-19(27)10-25(22(24)29)8-13-2-4-14(5-3-13)15-6-16-9-26(17-11-30-12-17)21(28)20(16)18(23)7-15/h2-7,17H,8-12H2,1H3. The van der Waals surface area contributed by atoms with Gasteiger partial charge in [-0.3, -0.25) is 14.5 Å². The molecule has 4 amide bonds. The molecule has 3 aliphatic rings. The lowest BCUT2D eigenvalue weighted by Gasteiger charge is -2.34. The van der Waals surface area contributed by atoms with E-state index < -0.39 is 0 Å². The van der Waals surface area contributed by atoms with Crippen LogP contribution in [0.25, 0.3) is 11.1 Å². The van der Waals surface area contributed by atoms with Crippen molar-refractivity contribution in [2.45, 2.75) is 19.1 Å². The molecule has 3 aliphatic heterocycles. The Kier molecular flexibility index (Phi) is 4.52. The summed E-state index contributed by atoms with van der Waals surface area (Å²) in [5.74, 6) is -0.221. The molecule has 0 aromatic heterocycles. The first kappa shape index (κ1) is 19.1. The van der Waals surface area contributed by atoms with E-state index in [1.807, 2.05) is 41.3 Å². The number of ether oxygens (including phenoxy) is 1. The molecule has 2 fully saturated rings. The fraction of sp³-hybridized carbons (Fsp3) is 0.318. The van der Waals surface area contributed by atoms with E-state index in [1.54, 1.807) is 0 Å². The summed E-state index contributed by atoms with van der Waals surface area (Å²) in [5, 5.41) is 0.462. The van der Waals surface area contributed by atoms with Crippen LogP contribution in [-0.4, -0.2) is 65.4 Å². The highest BCUT2D eigenvalue weighted by atomic mass is 35.5. The number of hydrogen-bond acceptors (Lipinski definition) is 4. The molecule has 154 valence electrons. The van der Waals surface area contributed by atoms with Crippen LogP contribution in [0.1, 0.15) is 21.5 Å². The number of rotatable bonds is 4. The molecule has 0 atom stereocenters. The Morgan fingerprint density at radius 1 is 1.03 bits per heavy atom. The largest absolute Gasteiger partial charge is 0.377 e. The number of nitrogens with zero attached hydrogens (tertiary/aromatic N) is 3. The highest BCUT2D eigenvalue weighted by Crippen LogP contribution is 2.36. The Labute approximate surface area is 178 Å². The zero-order valence-corrected chi connectivity index (χ0v) is 17.2. The average molecular weight is 426 g/mol. The predicted octanol–water partition coefficient (Wildman–Crippen LogP) is 2.76. The first-order valence-electron chi connectivity index (χ1n) is 9.78. The van der Waals surface area contributed by atoms with Crippen LogP contribution in [-0.2, 0) is 22.6 Å². The van der Waals surface area contributed by atoms with Gasteiger partial charge in [0.05, 0.1) is 29.8 Å². The number of fused-ring (bicyclic) bond motifs is 1. The van der Waals surface area contributed by atoms with Crippen LogP contribution in [0.15, 0.2) is 36.4 Å². The van der Waals surface area contributed by atoms with E-state index in [9.17, 15) is 14.4 Å². The molecule has 0 radical (unpaired) electrons. The van der Waals surface area contributed by atoms with Crippen molar-refractivity contribution in [3.05, 3.63) is 58.1 Å². The summed E-state index contributed by atoms with van der Waals surface area (Å²) in [5.41, 5.74) is 4.38. The lowest BCUT2D eigenvalue weighted by Crippen LogP contribution is -2.48. The second-order valence-electron chi connectivity index (χ2n) is 7.90. The molecule has 2 aromatic carbocycles. The number of amides is 4. The number of halogens is 1. The number of carbonyl (C=O) groups is 3. The summed E-state index contributed by atoms with van der Waals surface area (Å²) >= 11 is 6.48. The van der Waals surface area contributed by atoms with Gasteiger partial charge in [0.1, 0.15) is 6.54 Å². The topological polar surface area (TPSA) is 70.2 Å². The van der Waals surface area contributed by atoms with Gasteiger partial charge in [0, 0.05) is 20.1 Å². The van der Waals surface area contributed by atoms with Gasteiger partial charge < -0.3 is 14.5 Å². The number of carbonyl (C=O) groups excluding carboxylic acids is 3. The molecule has 2 saturated heterocycles. The quantitative estimate of drug-likeness (QED) is 0.706. The minimum Gasteiger partial charge on any atom is -0.377 e. The summed E-state index contributed by atoms with van der Waals surface area (Å²) in [7, 11) is 1.50. The lowest BCUT2D eigenvalue weighted by atomic mass is 9.99. The molecule has 0 N–H and O–H groups in total. The molecule has 0 aliphatic carbocycles. The van der Waals surface area contributed by atoms with Gasteiger partial charge in [-0.25, -0.2) is 4.79 Å². The maximum Gasteiger partial charge on any atom is 0.327 e. The van der Waals surface area contributed by atoms with Crippen LogP contribution in [0.2, 0.25) is 5.02 Å². The highest BCUT2D eigenvalue weighted by molar-refractivity contribution is 6.34. The van der Waals surface area contributed by atoms with Crippen LogP contribution in [0.3, 0.4) is 0 Å². The minimum absolute atomic E-state index is 0.0278. The van der Waals surface area contributed by atoms with Crippen LogP contribution in [0.4, 0.5) is 4.79 Å². The maximum atomic E-state index is 12.7. The van der Waals surface area contributed by atoms with Gasteiger partial charge in [0.25, 0.3) is 5.91 Å². The predicted molar refractivity (Wildman–Crippen MR) is 110 cm³/mol. The molecule has 0 unspecified atom stereocenters. The third-order valence-corrected chi connectivity index (χ3v) is 6.27. The molecule has 0 spiro atoms. The molecule has 5 rings (SSSR count).